The molecule has 3 fully saturated rings. The van der Waals surface area contributed by atoms with E-state index >= 15 is 0 Å². The summed E-state index contributed by atoms with van der Waals surface area (Å²) in [6.07, 6.45) is -9.92. The Morgan fingerprint density at radius 3 is 1.63 bits per heavy atom. The van der Waals surface area contributed by atoms with Crippen LogP contribution in [0.3, 0.4) is 0 Å². The molecule has 0 spiro atoms. The van der Waals surface area contributed by atoms with E-state index in [2.05, 4.69) is 33.9 Å². The molecule has 0 aliphatic carbocycles. The number of fused-ring (bicyclic) bond motifs is 1. The lowest BCUT2D eigenvalue weighted by Crippen LogP contribution is -2.67. The summed E-state index contributed by atoms with van der Waals surface area (Å²) >= 11 is 1.53. The molecule has 12 nitrogen and oxygen atoms in total. The van der Waals surface area contributed by atoms with Crippen LogP contribution in [0.5, 0.6) is 0 Å². The molecule has 0 N–H and O–H groups in total. The van der Waals surface area contributed by atoms with Crippen LogP contribution in [0.25, 0.3) is 0 Å². The van der Waals surface area contributed by atoms with Crippen molar-refractivity contribution in [1.29, 1.82) is 0 Å². The first-order valence-electron chi connectivity index (χ1n) is 21.1. The molecule has 0 unspecified atom stereocenters. The first kappa shape index (κ1) is 45.6. The summed E-state index contributed by atoms with van der Waals surface area (Å²) in [6, 6.07) is 35.0. The molecule has 0 aromatic heterocycles. The van der Waals surface area contributed by atoms with Crippen molar-refractivity contribution >= 4 is 38.0 Å². The highest BCUT2D eigenvalue weighted by molar-refractivity contribution is 7.99. The van der Waals surface area contributed by atoms with Gasteiger partial charge in [0.05, 0.1) is 29.4 Å². The Morgan fingerprint density at radius 1 is 0.645 bits per heavy atom. The largest absolute Gasteiger partial charge is 0.452 e. The summed E-state index contributed by atoms with van der Waals surface area (Å²) in [6.45, 7) is 14.8. The predicted molar refractivity (Wildman–Crippen MR) is 235 cm³/mol. The quantitative estimate of drug-likeness (QED) is 0.0720. The van der Waals surface area contributed by atoms with E-state index in [1.54, 1.807) is 97.9 Å². The van der Waals surface area contributed by atoms with Crippen LogP contribution in [-0.4, -0.2) is 99.1 Å². The van der Waals surface area contributed by atoms with Crippen molar-refractivity contribution in [2.75, 3.05) is 12.4 Å². The Morgan fingerprint density at radius 2 is 1.13 bits per heavy atom. The molecule has 3 saturated heterocycles. The van der Waals surface area contributed by atoms with Crippen LogP contribution in [0.4, 0.5) is 0 Å². The van der Waals surface area contributed by atoms with Gasteiger partial charge in [0.25, 0.3) is 0 Å². The molecule has 11 atom stereocenters. The molecule has 62 heavy (non-hydrogen) atoms. The number of ether oxygens (including phenoxy) is 8. The van der Waals surface area contributed by atoms with Gasteiger partial charge in [0.15, 0.2) is 39.2 Å². The average molecular weight is 885 g/mol. The summed E-state index contributed by atoms with van der Waals surface area (Å²) in [7, 11) is -2.58. The molecule has 4 aromatic carbocycles. The Labute approximate surface area is 368 Å². The topological polar surface area (TPSA) is 134 Å². The zero-order chi connectivity index (χ0) is 44.0. The zero-order valence-electron chi connectivity index (χ0n) is 36.1. The van der Waals surface area contributed by atoms with Gasteiger partial charge in [0.1, 0.15) is 29.9 Å². The Balaban J connectivity index is 1.30. The summed E-state index contributed by atoms with van der Waals surface area (Å²) in [5.74, 6) is -1.48. The molecule has 14 heteroatoms. The summed E-state index contributed by atoms with van der Waals surface area (Å²) in [4.78, 5) is 41.9. The first-order chi connectivity index (χ1) is 29.7. The maximum atomic E-state index is 14.1. The van der Waals surface area contributed by atoms with Crippen LogP contribution < -0.4 is 0 Å². The molecule has 3 heterocycles. The smallest absolute Gasteiger partial charge is 0.338 e. The van der Waals surface area contributed by atoms with E-state index in [4.69, 9.17) is 42.3 Å². The lowest BCUT2D eigenvalue weighted by molar-refractivity contribution is -0.352. The molecule has 330 valence electrons. The molecule has 0 amide bonds. The van der Waals surface area contributed by atoms with Crippen molar-refractivity contribution in [3.05, 3.63) is 144 Å². The van der Waals surface area contributed by atoms with Crippen molar-refractivity contribution in [1.82, 2.24) is 0 Å². The molecule has 0 saturated carbocycles. The molecular weight excluding hydrogens is 829 g/mol. The number of benzene rings is 4. The lowest BCUT2D eigenvalue weighted by Gasteiger charge is -2.53. The van der Waals surface area contributed by atoms with Crippen LogP contribution in [-0.2, 0) is 42.3 Å². The van der Waals surface area contributed by atoms with Gasteiger partial charge in [-0.05, 0) is 67.2 Å². The van der Waals surface area contributed by atoms with Gasteiger partial charge in [-0.2, -0.15) is 0 Å². The number of thioether (sulfide) groups is 1. The molecule has 3 aliphatic rings. The monoisotopic (exact) mass is 884 g/mol. The van der Waals surface area contributed by atoms with Crippen molar-refractivity contribution in [3.8, 4) is 0 Å². The third-order valence-electron chi connectivity index (χ3n) is 11.7. The van der Waals surface area contributed by atoms with Crippen LogP contribution in [0.15, 0.2) is 121 Å². The fourth-order valence-corrected chi connectivity index (χ4v) is 9.64. The molecule has 3 aliphatic heterocycles. The lowest BCUT2D eigenvalue weighted by atomic mass is 9.96. The minimum atomic E-state index is -2.58. The molecule has 0 radical (unpaired) electrons. The Kier molecular flexibility index (Phi) is 14.7. The molecule has 7 rings (SSSR count). The van der Waals surface area contributed by atoms with E-state index < -0.39 is 93.1 Å². The zero-order valence-corrected chi connectivity index (χ0v) is 37.9. The van der Waals surface area contributed by atoms with Gasteiger partial charge in [0.2, 0.25) is 0 Å². The van der Waals surface area contributed by atoms with E-state index in [1.165, 1.54) is 11.8 Å². The highest BCUT2D eigenvalue weighted by Crippen LogP contribution is 2.45. The first-order valence-corrected chi connectivity index (χ1v) is 25.1. The highest BCUT2D eigenvalue weighted by Gasteiger charge is 2.58. The van der Waals surface area contributed by atoms with Crippen molar-refractivity contribution in [2.24, 2.45) is 0 Å². The Hall–Kier alpha value is -4.38. The maximum absolute atomic E-state index is 14.1. The van der Waals surface area contributed by atoms with Crippen molar-refractivity contribution < 1.29 is 56.7 Å². The summed E-state index contributed by atoms with van der Waals surface area (Å²) < 4.78 is 59.7. The number of esters is 3. The van der Waals surface area contributed by atoms with E-state index in [0.29, 0.717) is 5.75 Å². The van der Waals surface area contributed by atoms with Crippen molar-refractivity contribution in [2.45, 2.75) is 120 Å². The van der Waals surface area contributed by atoms with Crippen LogP contribution in [0.1, 0.15) is 77.5 Å². The fourth-order valence-electron chi connectivity index (χ4n) is 7.38. The van der Waals surface area contributed by atoms with Gasteiger partial charge in [-0.15, -0.1) is 11.8 Å². The minimum absolute atomic E-state index is 0.209. The normalized spacial score (nSPS) is 28.9. The van der Waals surface area contributed by atoms with Gasteiger partial charge < -0.3 is 42.3 Å². The second-order valence-electron chi connectivity index (χ2n) is 17.0. The third-order valence-corrected chi connectivity index (χ3v) is 17.2. The number of carbonyl (C=O) groups excluding carboxylic acids is 3. The number of rotatable bonds is 13. The van der Waals surface area contributed by atoms with Crippen LogP contribution >= 0.6 is 11.8 Å². The Bertz CT molecular complexity index is 2090. The minimum Gasteiger partial charge on any atom is -0.452 e. The van der Waals surface area contributed by atoms with Gasteiger partial charge in [-0.1, -0.05) is 113 Å². The van der Waals surface area contributed by atoms with Crippen molar-refractivity contribution in [3.63, 3.8) is 0 Å². The summed E-state index contributed by atoms with van der Waals surface area (Å²) in [5, 5.41) is -0.209. The predicted octanol–water partition coefficient (Wildman–Crippen LogP) is 8.78. The third kappa shape index (κ3) is 10.5. The van der Waals surface area contributed by atoms with Crippen LogP contribution in [0.2, 0.25) is 18.1 Å². The standard InChI is InChI=1S/C48H56O12SSi/c1-8-61-47-41(39(60-62(6,7)48(3,4)5)37-35(54-47)29-52-45(58-37)34-27-19-12-20-28-34)59-46-40(57-44(51)33-25-17-11-18-26-33)38(56-43(50)32-23-15-10-16-24-32)36(30(2)53-46)55-42(49)31-21-13-9-14-22-31/h9-28,30,35-41,45-47H,8,29H2,1-7H3/t30-,35+,36-,37+,38+,39-,40+,41+,45+,46-,47-/m0/s1. The second-order valence-corrected chi connectivity index (χ2v) is 23.2. The summed E-state index contributed by atoms with van der Waals surface area (Å²) in [5.41, 5.74) is 0.967. The van der Waals surface area contributed by atoms with Gasteiger partial charge >= 0.3 is 17.9 Å². The maximum Gasteiger partial charge on any atom is 0.338 e. The molecule has 0 bridgehead atoms. The van der Waals surface area contributed by atoms with Gasteiger partial charge in [-0.3, -0.25) is 0 Å². The SMILES string of the molecule is CCS[C@@H]1O[C@@H]2CO[C@@H](c3ccccc3)O[C@H]2[C@H](O[Si](C)(C)C(C)(C)C)[C@H]1O[C@@H]1O[C@@H](C)[C@H](OC(=O)c2ccccc2)[C@@H](OC(=O)c2ccccc2)[C@H]1OC(=O)c1ccccc1. The van der Waals surface area contributed by atoms with Crippen LogP contribution in [0, 0.1) is 0 Å². The highest BCUT2D eigenvalue weighted by atomic mass is 32.2. The molecule has 4 aromatic rings. The number of hydrogen-bond donors (Lipinski definition) is 0. The molecular formula is C48H56O12SSi. The second kappa shape index (κ2) is 20.0. The van der Waals surface area contributed by atoms with E-state index in [-0.39, 0.29) is 28.3 Å². The van der Waals surface area contributed by atoms with E-state index in [1.807, 2.05) is 37.3 Å². The van der Waals surface area contributed by atoms with E-state index in [0.717, 1.165) is 5.56 Å². The van der Waals surface area contributed by atoms with Gasteiger partial charge in [0, 0.05) is 5.56 Å². The fraction of sp³-hybridized carbons (Fsp3) is 0.438. The number of carbonyl (C=O) groups is 3. The van der Waals surface area contributed by atoms with Gasteiger partial charge in [-0.25, -0.2) is 14.4 Å². The number of hydrogen-bond acceptors (Lipinski definition) is 13. The van der Waals surface area contributed by atoms with E-state index in [9.17, 15) is 14.4 Å². The average Bonchev–Trinajstić information content (AvgIpc) is 3.27.